The maximum absolute atomic E-state index is 11.0. The highest BCUT2D eigenvalue weighted by Crippen LogP contribution is 2.03. The highest BCUT2D eigenvalue weighted by atomic mass is 79.9. The zero-order valence-electron chi connectivity index (χ0n) is 7.29. The molecular formula is C7H14BrNO3. The van der Waals surface area contributed by atoms with E-state index in [4.69, 9.17) is 5.11 Å². The molecule has 1 atom stereocenters. The summed E-state index contributed by atoms with van der Waals surface area (Å²) >= 11 is 2.60. The second-order valence-corrected chi connectivity index (χ2v) is 2.64. The van der Waals surface area contributed by atoms with Crippen molar-refractivity contribution in [2.75, 3.05) is 19.7 Å². The molecule has 4 nitrogen and oxygen atoms in total. The van der Waals surface area contributed by atoms with Crippen molar-refractivity contribution in [3.05, 3.63) is 0 Å². The van der Waals surface area contributed by atoms with Crippen LogP contribution in [0.15, 0.2) is 0 Å². The van der Waals surface area contributed by atoms with Gasteiger partial charge in [0.15, 0.2) is 16.3 Å². The molecule has 0 rings (SSSR count). The lowest BCUT2D eigenvalue weighted by Crippen LogP contribution is -2.43. The number of aliphatic hydroxyl groups excluding tert-OH is 1. The van der Waals surface area contributed by atoms with E-state index in [1.54, 1.807) is 0 Å². The quantitative estimate of drug-likeness (QED) is 0.762. The van der Waals surface area contributed by atoms with Gasteiger partial charge in [0.05, 0.1) is 6.61 Å². The van der Waals surface area contributed by atoms with Crippen LogP contribution >= 0.6 is 16.3 Å². The van der Waals surface area contributed by atoms with E-state index in [-0.39, 0.29) is 6.61 Å². The lowest BCUT2D eigenvalue weighted by molar-refractivity contribution is -0.139. The van der Waals surface area contributed by atoms with Crippen LogP contribution in [0.1, 0.15) is 13.8 Å². The molecule has 0 unspecified atom stereocenters. The van der Waals surface area contributed by atoms with E-state index in [1.165, 1.54) is 0 Å². The molecule has 0 spiro atoms. The van der Waals surface area contributed by atoms with Crippen LogP contribution in [0.4, 0.5) is 0 Å². The molecule has 0 heterocycles. The lowest BCUT2D eigenvalue weighted by atomic mass is 10.2. The largest absolute Gasteiger partial charge is 0.394 e. The van der Waals surface area contributed by atoms with Gasteiger partial charge in [0.25, 0.3) is 0 Å². The smallest absolute Gasteiger partial charge is 0.337 e. The Morgan fingerprint density at radius 3 is 2.33 bits per heavy atom. The average molecular weight is 240 g/mol. The van der Waals surface area contributed by atoms with Gasteiger partial charge in [-0.2, -0.15) is 0 Å². The third-order valence-corrected chi connectivity index (χ3v) is 2.09. The summed E-state index contributed by atoms with van der Waals surface area (Å²) in [7, 11) is 0. The monoisotopic (exact) mass is 239 g/mol. The van der Waals surface area contributed by atoms with Gasteiger partial charge < -0.3 is 8.93 Å². The number of carbonyl (C=O) groups excluding carboxylic acids is 1. The predicted octanol–water partition coefficient (Wildman–Crippen LogP) is 0.542. The van der Waals surface area contributed by atoms with Crippen molar-refractivity contribution >= 4 is 22.2 Å². The fraction of sp³-hybridized carbons (Fsp3) is 0.857. The van der Waals surface area contributed by atoms with Gasteiger partial charge in [0.2, 0.25) is 0 Å². The van der Waals surface area contributed by atoms with Gasteiger partial charge in [-0.1, -0.05) is 13.8 Å². The minimum absolute atomic E-state index is 0.216. The van der Waals surface area contributed by atoms with Crippen LogP contribution in [-0.2, 0) is 8.62 Å². The zero-order valence-corrected chi connectivity index (χ0v) is 8.87. The first-order chi connectivity index (χ1) is 5.71. The second kappa shape index (κ2) is 6.39. The van der Waals surface area contributed by atoms with Crippen molar-refractivity contribution in [2.24, 2.45) is 0 Å². The van der Waals surface area contributed by atoms with E-state index in [9.17, 15) is 4.79 Å². The minimum Gasteiger partial charge on any atom is -0.394 e. The summed E-state index contributed by atoms with van der Waals surface area (Å²) < 4.78 is 4.36. The molecule has 0 bridgehead atoms. The normalized spacial score (nSPS) is 13.1. The Hall–Kier alpha value is -0.130. The summed E-state index contributed by atoms with van der Waals surface area (Å²) in [6.45, 7) is 5.06. The third-order valence-electron chi connectivity index (χ3n) is 1.77. The van der Waals surface area contributed by atoms with Crippen LogP contribution in [0.2, 0.25) is 0 Å². The van der Waals surface area contributed by atoms with Crippen molar-refractivity contribution in [3.8, 4) is 0 Å². The fourth-order valence-corrected chi connectivity index (χ4v) is 1.27. The number of hydrogen-bond donors (Lipinski definition) is 1. The number of halogens is 1. The van der Waals surface area contributed by atoms with Gasteiger partial charge in [-0.05, 0) is 13.1 Å². The second-order valence-electron chi connectivity index (χ2n) is 2.32. The Kier molecular flexibility index (Phi) is 6.32. The summed E-state index contributed by atoms with van der Waals surface area (Å²) in [6.07, 6.45) is 0. The van der Waals surface area contributed by atoms with Gasteiger partial charge in [-0.25, -0.2) is 4.79 Å². The van der Waals surface area contributed by atoms with Crippen molar-refractivity contribution in [3.63, 3.8) is 0 Å². The maximum Gasteiger partial charge on any atom is 0.337 e. The number of nitrogens with zero attached hydrogens (tertiary/aromatic N) is 1. The molecular weight excluding hydrogens is 226 g/mol. The molecule has 0 aromatic rings. The summed E-state index contributed by atoms with van der Waals surface area (Å²) in [4.78, 5) is 12.9. The van der Waals surface area contributed by atoms with E-state index in [1.807, 2.05) is 18.7 Å². The first-order valence-electron chi connectivity index (χ1n) is 3.88. The number of carbonyl (C=O) groups is 1. The lowest BCUT2D eigenvalue weighted by Gasteiger charge is -2.24. The van der Waals surface area contributed by atoms with Gasteiger partial charge in [0.1, 0.15) is 6.04 Å². The van der Waals surface area contributed by atoms with Crippen LogP contribution in [0.25, 0.3) is 0 Å². The number of rotatable bonds is 5. The molecule has 5 heteroatoms. The van der Waals surface area contributed by atoms with Crippen LogP contribution in [0, 0.1) is 0 Å². The number of aliphatic hydroxyl groups is 1. The molecule has 0 fully saturated rings. The minimum atomic E-state index is -0.556. The summed E-state index contributed by atoms with van der Waals surface area (Å²) in [5, 5.41) is 8.90. The van der Waals surface area contributed by atoms with Gasteiger partial charge in [-0.15, -0.1) is 0 Å². The SMILES string of the molecule is CCN(CC)[C@H](CO)C(=O)OBr. The zero-order chi connectivity index (χ0) is 9.56. The summed E-state index contributed by atoms with van der Waals surface area (Å²) in [6, 6.07) is -0.556. The van der Waals surface area contributed by atoms with Crippen LogP contribution in [0.5, 0.6) is 0 Å². The Morgan fingerprint density at radius 1 is 1.58 bits per heavy atom. The Bertz CT molecular complexity index is 139. The average Bonchev–Trinajstić information content (AvgIpc) is 2.12. The molecule has 0 saturated heterocycles. The number of hydrogen-bond acceptors (Lipinski definition) is 4. The Labute approximate surface area is 81.0 Å². The van der Waals surface area contributed by atoms with E-state index in [2.05, 4.69) is 20.1 Å². The van der Waals surface area contributed by atoms with Gasteiger partial charge in [0, 0.05) is 0 Å². The third kappa shape index (κ3) is 3.08. The topological polar surface area (TPSA) is 49.8 Å². The summed E-state index contributed by atoms with van der Waals surface area (Å²) in [5.74, 6) is -0.457. The molecule has 1 N–H and O–H groups in total. The Morgan fingerprint density at radius 2 is 2.08 bits per heavy atom. The highest BCUT2D eigenvalue weighted by Gasteiger charge is 2.23. The standard InChI is InChI=1S/C7H14BrNO3/c1-3-9(4-2)6(5-10)7(11)12-8/h6,10H,3-5H2,1-2H3/t6-/m1/s1. The molecule has 0 amide bonds. The van der Waals surface area contributed by atoms with E-state index in [0.29, 0.717) is 13.1 Å². The maximum atomic E-state index is 11.0. The van der Waals surface area contributed by atoms with Crippen LogP contribution in [0.3, 0.4) is 0 Å². The molecule has 0 aliphatic carbocycles. The predicted molar refractivity (Wildman–Crippen MR) is 48.8 cm³/mol. The highest BCUT2D eigenvalue weighted by molar-refractivity contribution is 9.06. The van der Waals surface area contributed by atoms with Gasteiger partial charge in [-0.3, -0.25) is 4.90 Å². The van der Waals surface area contributed by atoms with E-state index < -0.39 is 12.0 Å². The molecule has 12 heavy (non-hydrogen) atoms. The number of likely N-dealkylation sites (N-methyl/N-ethyl adjacent to an activating group) is 1. The van der Waals surface area contributed by atoms with Crippen molar-refractivity contribution < 1.29 is 13.7 Å². The van der Waals surface area contributed by atoms with Crippen molar-refractivity contribution in [2.45, 2.75) is 19.9 Å². The molecule has 0 saturated carbocycles. The first kappa shape index (κ1) is 11.9. The van der Waals surface area contributed by atoms with Crippen LogP contribution in [-0.4, -0.2) is 41.7 Å². The van der Waals surface area contributed by atoms with Crippen molar-refractivity contribution in [1.29, 1.82) is 0 Å². The molecule has 72 valence electrons. The van der Waals surface area contributed by atoms with Gasteiger partial charge >= 0.3 is 5.97 Å². The molecule has 0 aromatic carbocycles. The molecule has 0 aromatic heterocycles. The van der Waals surface area contributed by atoms with Crippen molar-refractivity contribution in [1.82, 2.24) is 4.90 Å². The Balaban J connectivity index is 4.19. The van der Waals surface area contributed by atoms with E-state index >= 15 is 0 Å². The van der Waals surface area contributed by atoms with E-state index in [0.717, 1.165) is 0 Å². The molecule has 0 aliphatic rings. The summed E-state index contributed by atoms with van der Waals surface area (Å²) in [5.41, 5.74) is 0. The molecule has 0 aliphatic heterocycles. The molecule has 0 radical (unpaired) electrons. The first-order valence-corrected chi connectivity index (χ1v) is 4.53. The fourth-order valence-electron chi connectivity index (χ4n) is 1.05. The van der Waals surface area contributed by atoms with Crippen LogP contribution < -0.4 is 0 Å².